The number of unbranched alkanes of at least 4 members (excludes halogenated alkanes) is 1. The van der Waals surface area contributed by atoms with Gasteiger partial charge in [0.05, 0.1) is 5.60 Å². The minimum Gasteiger partial charge on any atom is -0.390 e. The van der Waals surface area contributed by atoms with Crippen molar-refractivity contribution >= 4 is 5.91 Å². The highest BCUT2D eigenvalue weighted by atomic mass is 16.3. The molecule has 0 radical (unpaired) electrons. The number of nitrogens with two attached hydrogens (primary N) is 1. The molecule has 1 atom stereocenters. The van der Waals surface area contributed by atoms with Crippen molar-refractivity contribution in [3.63, 3.8) is 0 Å². The van der Waals surface area contributed by atoms with E-state index in [9.17, 15) is 9.90 Å². The van der Waals surface area contributed by atoms with E-state index in [4.69, 9.17) is 5.73 Å². The first-order valence-electron chi connectivity index (χ1n) is 5.04. The maximum absolute atomic E-state index is 10.5. The zero-order chi connectivity index (χ0) is 10.3. The topological polar surface area (TPSA) is 63.3 Å². The molecule has 3 heteroatoms. The molecule has 0 spiro atoms. The van der Waals surface area contributed by atoms with E-state index in [2.05, 4.69) is 6.92 Å². The van der Waals surface area contributed by atoms with Gasteiger partial charge in [0.1, 0.15) is 0 Å². The summed E-state index contributed by atoms with van der Waals surface area (Å²) in [7, 11) is 0. The minimum absolute atomic E-state index is 0.286. The lowest BCUT2D eigenvalue weighted by Gasteiger charge is -2.26. The lowest BCUT2D eigenvalue weighted by Crippen LogP contribution is -2.29. The summed E-state index contributed by atoms with van der Waals surface area (Å²) in [5.41, 5.74) is 4.36. The van der Waals surface area contributed by atoms with E-state index in [0.29, 0.717) is 12.8 Å². The van der Waals surface area contributed by atoms with Gasteiger partial charge in [-0.05, 0) is 19.3 Å². The molecule has 78 valence electrons. The Labute approximate surface area is 80.3 Å². The van der Waals surface area contributed by atoms with E-state index in [1.54, 1.807) is 0 Å². The van der Waals surface area contributed by atoms with Gasteiger partial charge >= 0.3 is 0 Å². The Morgan fingerprint density at radius 3 is 2.38 bits per heavy atom. The van der Waals surface area contributed by atoms with Gasteiger partial charge in [-0.2, -0.15) is 0 Å². The first kappa shape index (κ1) is 12.4. The number of hydrogen-bond acceptors (Lipinski definition) is 2. The van der Waals surface area contributed by atoms with Crippen molar-refractivity contribution in [2.75, 3.05) is 0 Å². The Morgan fingerprint density at radius 2 is 2.00 bits per heavy atom. The number of carbonyl (C=O) groups excluding carboxylic acids is 1. The maximum Gasteiger partial charge on any atom is 0.217 e. The van der Waals surface area contributed by atoms with Crippen LogP contribution in [0.4, 0.5) is 0 Å². The number of hydrogen-bond donors (Lipinski definition) is 2. The molecule has 0 saturated heterocycles. The summed E-state index contributed by atoms with van der Waals surface area (Å²) >= 11 is 0. The molecular formula is C10H21NO2. The van der Waals surface area contributed by atoms with Crippen LogP contribution in [0, 0.1) is 0 Å². The van der Waals surface area contributed by atoms with Gasteiger partial charge in [0.25, 0.3) is 0 Å². The summed E-state index contributed by atoms with van der Waals surface area (Å²) in [6.45, 7) is 4.03. The Balaban J connectivity index is 3.87. The molecule has 0 aliphatic carbocycles. The third-order valence-corrected chi connectivity index (χ3v) is 2.49. The van der Waals surface area contributed by atoms with E-state index in [1.165, 1.54) is 0 Å². The molecule has 0 bridgehead atoms. The molecule has 1 amide bonds. The average molecular weight is 187 g/mol. The maximum atomic E-state index is 10.5. The molecule has 0 aromatic rings. The Kier molecular flexibility index (Phi) is 5.71. The average Bonchev–Trinajstić information content (AvgIpc) is 2.11. The normalized spacial score (nSPS) is 15.3. The Hall–Kier alpha value is -0.570. The lowest BCUT2D eigenvalue weighted by atomic mass is 9.89. The van der Waals surface area contributed by atoms with Gasteiger partial charge < -0.3 is 10.8 Å². The third kappa shape index (κ3) is 5.64. The zero-order valence-electron chi connectivity index (χ0n) is 8.68. The number of carbonyl (C=O) groups is 1. The van der Waals surface area contributed by atoms with E-state index >= 15 is 0 Å². The smallest absolute Gasteiger partial charge is 0.217 e. The molecule has 3 N–H and O–H groups in total. The van der Waals surface area contributed by atoms with Crippen molar-refractivity contribution < 1.29 is 9.90 Å². The summed E-state index contributed by atoms with van der Waals surface area (Å²) in [5.74, 6) is -0.330. The van der Waals surface area contributed by atoms with Crippen molar-refractivity contribution in [3.05, 3.63) is 0 Å². The van der Waals surface area contributed by atoms with Gasteiger partial charge in [-0.1, -0.05) is 26.7 Å². The van der Waals surface area contributed by atoms with Gasteiger partial charge in [0.15, 0.2) is 0 Å². The monoisotopic (exact) mass is 187 g/mol. The van der Waals surface area contributed by atoms with Crippen molar-refractivity contribution in [3.8, 4) is 0 Å². The number of rotatable bonds is 7. The van der Waals surface area contributed by atoms with Crippen LogP contribution >= 0.6 is 0 Å². The second-order valence-corrected chi connectivity index (χ2v) is 3.65. The van der Waals surface area contributed by atoms with Crippen LogP contribution in [-0.2, 0) is 4.79 Å². The van der Waals surface area contributed by atoms with Gasteiger partial charge in [-0.15, -0.1) is 0 Å². The van der Waals surface area contributed by atoms with Crippen LogP contribution in [0.3, 0.4) is 0 Å². The van der Waals surface area contributed by atoms with Crippen LogP contribution in [-0.4, -0.2) is 16.6 Å². The molecule has 0 fully saturated rings. The van der Waals surface area contributed by atoms with Crippen molar-refractivity contribution in [1.82, 2.24) is 0 Å². The van der Waals surface area contributed by atoms with Gasteiger partial charge in [-0.3, -0.25) is 4.79 Å². The molecular weight excluding hydrogens is 166 g/mol. The molecule has 1 unspecified atom stereocenters. The molecule has 3 nitrogen and oxygen atoms in total. The largest absolute Gasteiger partial charge is 0.390 e. The predicted octanol–water partition coefficient (Wildman–Crippen LogP) is 1.58. The van der Waals surface area contributed by atoms with E-state index in [0.717, 1.165) is 19.3 Å². The van der Waals surface area contributed by atoms with Gasteiger partial charge in [0.2, 0.25) is 5.91 Å². The summed E-state index contributed by atoms with van der Waals surface area (Å²) in [6, 6.07) is 0. The fourth-order valence-electron chi connectivity index (χ4n) is 1.34. The van der Waals surface area contributed by atoms with Crippen LogP contribution in [0.25, 0.3) is 0 Å². The molecule has 0 rings (SSSR count). The van der Waals surface area contributed by atoms with Crippen LogP contribution < -0.4 is 5.73 Å². The molecule has 0 saturated carbocycles. The summed E-state index contributed by atoms with van der Waals surface area (Å²) in [6.07, 6.45) is 4.32. The van der Waals surface area contributed by atoms with Gasteiger partial charge in [-0.25, -0.2) is 0 Å². The number of primary amides is 1. The minimum atomic E-state index is -0.676. The first-order chi connectivity index (χ1) is 6.04. The molecule has 13 heavy (non-hydrogen) atoms. The lowest BCUT2D eigenvalue weighted by molar-refractivity contribution is -0.119. The molecule has 0 aliphatic heterocycles. The Bertz CT molecular complexity index is 159. The van der Waals surface area contributed by atoms with E-state index in [-0.39, 0.29) is 12.3 Å². The second kappa shape index (κ2) is 5.97. The third-order valence-electron chi connectivity index (χ3n) is 2.49. The van der Waals surface area contributed by atoms with Crippen LogP contribution in [0.15, 0.2) is 0 Å². The Morgan fingerprint density at radius 1 is 1.38 bits per heavy atom. The highest BCUT2D eigenvalue weighted by Gasteiger charge is 2.23. The van der Waals surface area contributed by atoms with Crippen molar-refractivity contribution in [1.29, 1.82) is 0 Å². The van der Waals surface area contributed by atoms with Crippen LogP contribution in [0.5, 0.6) is 0 Å². The second-order valence-electron chi connectivity index (χ2n) is 3.65. The van der Waals surface area contributed by atoms with Crippen LogP contribution in [0.2, 0.25) is 0 Å². The highest BCUT2D eigenvalue weighted by Crippen LogP contribution is 2.23. The quantitative estimate of drug-likeness (QED) is 0.635. The summed E-state index contributed by atoms with van der Waals surface area (Å²) in [4.78, 5) is 10.5. The molecule has 0 aromatic heterocycles. The SMILES string of the molecule is CCCCC(O)(CC)CCC(N)=O. The standard InChI is InChI=1S/C10H21NO2/c1-3-5-7-10(13,4-2)8-6-9(11)12/h13H,3-8H2,1-2H3,(H2,11,12). The fourth-order valence-corrected chi connectivity index (χ4v) is 1.34. The first-order valence-corrected chi connectivity index (χ1v) is 5.04. The molecule has 0 aliphatic rings. The molecule has 0 aromatic carbocycles. The predicted molar refractivity (Wildman–Crippen MR) is 53.2 cm³/mol. The summed E-state index contributed by atoms with van der Waals surface area (Å²) in [5, 5.41) is 9.99. The van der Waals surface area contributed by atoms with Crippen LogP contribution in [0.1, 0.15) is 52.4 Å². The van der Waals surface area contributed by atoms with Crippen molar-refractivity contribution in [2.45, 2.75) is 58.0 Å². The zero-order valence-corrected chi connectivity index (χ0v) is 8.68. The van der Waals surface area contributed by atoms with Gasteiger partial charge in [0, 0.05) is 6.42 Å². The molecule has 0 heterocycles. The van der Waals surface area contributed by atoms with E-state index < -0.39 is 5.60 Å². The van der Waals surface area contributed by atoms with Crippen molar-refractivity contribution in [2.24, 2.45) is 5.73 Å². The number of amides is 1. The fraction of sp³-hybridized carbons (Fsp3) is 0.900. The van der Waals surface area contributed by atoms with E-state index in [1.807, 2.05) is 6.92 Å². The number of aliphatic hydroxyl groups is 1. The highest BCUT2D eigenvalue weighted by molar-refractivity contribution is 5.73. The summed E-state index contributed by atoms with van der Waals surface area (Å²) < 4.78 is 0.